The molecule has 4 aromatic carbocycles. The molecule has 1 saturated carbocycles. The Morgan fingerprint density at radius 1 is 0.551 bits per heavy atom. The molecule has 2 saturated heterocycles. The number of aromatic nitrogens is 2. The highest BCUT2D eigenvalue weighted by molar-refractivity contribution is 5.91. The van der Waals surface area contributed by atoms with Crippen LogP contribution in [0.3, 0.4) is 0 Å². The standard InChI is InChI=1S/C33H39N5O.C26H28N4/c1-37-17-19-38(20-18-37)23-24-7-9-25(10-8-24)27-21-31-30(15-16-32(31)34-22-27)26-11-13-29(14-12-26)36-33(39)35-28-5-3-2-4-6-28;1-29-12-14-30(15-13-29)18-19-2-4-20(5-3-19)22-16-25-24(10-11-26(25)28-17-22)21-6-8-23(27)9-7-21/h7-15,21-22,28H,2-6,16-20,23H2,1H3,(H2,35,36,39);2-10,16-17H,11-15,18,27H2,1H3. The van der Waals surface area contributed by atoms with Crippen molar-refractivity contribution in [1.82, 2.24) is 34.9 Å². The van der Waals surface area contributed by atoms with Crippen LogP contribution in [0, 0.1) is 0 Å². The van der Waals surface area contributed by atoms with E-state index in [1.807, 2.05) is 36.7 Å². The number of allylic oxidation sites excluding steroid dienone is 2. The Labute approximate surface area is 409 Å². The number of likely N-dealkylation sites (N-methyl/N-ethyl adjacent to an activating group) is 2. The lowest BCUT2D eigenvalue weighted by Gasteiger charge is -2.32. The zero-order valence-corrected chi connectivity index (χ0v) is 40.5. The minimum Gasteiger partial charge on any atom is -0.399 e. The molecule has 3 aliphatic carbocycles. The largest absolute Gasteiger partial charge is 0.399 e. The third-order valence-corrected chi connectivity index (χ3v) is 14.7. The van der Waals surface area contributed by atoms with Gasteiger partial charge in [0.05, 0.1) is 11.4 Å². The number of benzene rings is 4. The predicted molar refractivity (Wildman–Crippen MR) is 283 cm³/mol. The van der Waals surface area contributed by atoms with Crippen LogP contribution >= 0.6 is 0 Å². The van der Waals surface area contributed by atoms with Gasteiger partial charge in [0, 0.05) is 130 Å². The van der Waals surface area contributed by atoms with E-state index in [-0.39, 0.29) is 6.03 Å². The highest BCUT2D eigenvalue weighted by Gasteiger charge is 2.22. The fourth-order valence-corrected chi connectivity index (χ4v) is 10.4. The highest BCUT2D eigenvalue weighted by atomic mass is 16.2. The molecule has 2 amide bonds. The molecule has 4 heterocycles. The first kappa shape index (κ1) is 46.3. The Morgan fingerprint density at radius 3 is 1.45 bits per heavy atom. The predicted octanol–water partition coefficient (Wildman–Crippen LogP) is 10.0. The van der Waals surface area contributed by atoms with Gasteiger partial charge in [-0.05, 0) is 108 Å². The number of rotatable bonds is 10. The lowest BCUT2D eigenvalue weighted by molar-refractivity contribution is 0.148. The zero-order valence-electron chi connectivity index (χ0n) is 40.5. The molecule has 6 aromatic rings. The number of carbonyl (C=O) groups excluding carboxylic acids is 1. The van der Waals surface area contributed by atoms with Gasteiger partial charge in [-0.15, -0.1) is 0 Å². The summed E-state index contributed by atoms with van der Waals surface area (Å²) >= 11 is 0. The highest BCUT2D eigenvalue weighted by Crippen LogP contribution is 2.36. The Hall–Kier alpha value is -6.43. The number of hydrogen-bond donors (Lipinski definition) is 3. The summed E-state index contributed by atoms with van der Waals surface area (Å²) in [5.41, 5.74) is 24.4. The molecule has 0 spiro atoms. The van der Waals surface area contributed by atoms with E-state index in [1.54, 1.807) is 0 Å². The number of nitrogens with one attached hydrogen (secondary N) is 2. The van der Waals surface area contributed by atoms with Gasteiger partial charge in [-0.2, -0.15) is 0 Å². The number of pyridine rings is 2. The summed E-state index contributed by atoms with van der Waals surface area (Å²) in [6.45, 7) is 11.2. The quantitative estimate of drug-likeness (QED) is 0.117. The number of piperazine rings is 2. The average Bonchev–Trinajstić information content (AvgIpc) is 4.01. The Kier molecular flexibility index (Phi) is 14.4. The summed E-state index contributed by atoms with van der Waals surface area (Å²) in [6.07, 6.45) is 16.1. The zero-order chi connectivity index (χ0) is 47.1. The van der Waals surface area contributed by atoms with Crippen molar-refractivity contribution in [2.45, 2.75) is 64.1 Å². The van der Waals surface area contributed by atoms with Crippen molar-refractivity contribution in [3.63, 3.8) is 0 Å². The Balaban J connectivity index is 0.000000166. The van der Waals surface area contributed by atoms with Crippen LogP contribution in [-0.4, -0.2) is 108 Å². The van der Waals surface area contributed by atoms with Gasteiger partial charge >= 0.3 is 6.03 Å². The van der Waals surface area contributed by atoms with Gasteiger partial charge in [0.2, 0.25) is 0 Å². The molecule has 10 heteroatoms. The molecule has 0 bridgehead atoms. The molecule has 5 aliphatic rings. The molecule has 11 rings (SSSR count). The van der Waals surface area contributed by atoms with Crippen molar-refractivity contribution in [2.75, 3.05) is 77.5 Å². The van der Waals surface area contributed by atoms with Crippen LogP contribution in [-0.2, 0) is 25.9 Å². The molecule has 4 N–H and O–H groups in total. The van der Waals surface area contributed by atoms with E-state index in [0.717, 1.165) is 125 Å². The van der Waals surface area contributed by atoms with Crippen LogP contribution < -0.4 is 16.4 Å². The molecular formula is C59H67N9O. The number of anilines is 2. The lowest BCUT2D eigenvalue weighted by Crippen LogP contribution is -2.43. The fraction of sp³-hybridized carbons (Fsp3) is 0.339. The molecule has 2 aromatic heterocycles. The molecule has 0 unspecified atom stereocenters. The van der Waals surface area contributed by atoms with Gasteiger partial charge in [0.15, 0.2) is 0 Å². The molecule has 69 heavy (non-hydrogen) atoms. The van der Waals surface area contributed by atoms with Crippen molar-refractivity contribution in [3.05, 3.63) is 179 Å². The fourth-order valence-electron chi connectivity index (χ4n) is 10.4. The minimum atomic E-state index is -0.108. The molecular weight excluding hydrogens is 851 g/mol. The van der Waals surface area contributed by atoms with Crippen molar-refractivity contribution in [2.24, 2.45) is 0 Å². The van der Waals surface area contributed by atoms with Crippen LogP contribution in [0.2, 0.25) is 0 Å². The monoisotopic (exact) mass is 918 g/mol. The molecule has 3 fully saturated rings. The third-order valence-electron chi connectivity index (χ3n) is 14.7. The molecule has 2 aliphatic heterocycles. The number of amides is 2. The van der Waals surface area contributed by atoms with Gasteiger partial charge in [0.1, 0.15) is 0 Å². The normalized spacial score (nSPS) is 17.8. The van der Waals surface area contributed by atoms with Crippen molar-refractivity contribution < 1.29 is 4.79 Å². The van der Waals surface area contributed by atoms with E-state index in [1.165, 1.54) is 74.9 Å². The molecule has 10 nitrogen and oxygen atoms in total. The smallest absolute Gasteiger partial charge is 0.319 e. The van der Waals surface area contributed by atoms with Crippen molar-refractivity contribution in [3.8, 4) is 22.3 Å². The van der Waals surface area contributed by atoms with Gasteiger partial charge in [-0.3, -0.25) is 19.8 Å². The van der Waals surface area contributed by atoms with Crippen LogP contribution in [0.25, 0.3) is 33.4 Å². The number of nitrogen functional groups attached to an aromatic ring is 1. The van der Waals surface area contributed by atoms with Gasteiger partial charge in [-0.1, -0.05) is 104 Å². The average molecular weight is 918 g/mol. The second kappa shape index (κ2) is 21.5. The first-order valence-corrected chi connectivity index (χ1v) is 25.2. The number of urea groups is 1. The van der Waals surface area contributed by atoms with Gasteiger partial charge < -0.3 is 26.2 Å². The number of hydrogen-bond acceptors (Lipinski definition) is 8. The third kappa shape index (κ3) is 11.5. The molecule has 354 valence electrons. The minimum absolute atomic E-state index is 0.108. The van der Waals surface area contributed by atoms with E-state index >= 15 is 0 Å². The van der Waals surface area contributed by atoms with E-state index in [0.29, 0.717) is 6.04 Å². The van der Waals surface area contributed by atoms with E-state index in [4.69, 9.17) is 15.7 Å². The summed E-state index contributed by atoms with van der Waals surface area (Å²) in [5, 5.41) is 6.13. The Bertz CT molecular complexity index is 2760. The Morgan fingerprint density at radius 2 is 0.986 bits per heavy atom. The summed E-state index contributed by atoms with van der Waals surface area (Å²) in [4.78, 5) is 31.9. The lowest BCUT2D eigenvalue weighted by atomic mass is 9.96. The molecule has 0 radical (unpaired) electrons. The van der Waals surface area contributed by atoms with Gasteiger partial charge in [0.25, 0.3) is 0 Å². The summed E-state index contributed by atoms with van der Waals surface area (Å²) < 4.78 is 0. The topological polar surface area (TPSA) is 106 Å². The first-order chi connectivity index (χ1) is 33.8. The van der Waals surface area contributed by atoms with E-state index in [2.05, 4.69) is 141 Å². The van der Waals surface area contributed by atoms with E-state index in [9.17, 15) is 4.79 Å². The molecule has 0 atom stereocenters. The SMILES string of the molecule is CN1CCN(Cc2ccc(-c3cnc4c(c3)C(c3ccc(N)cc3)=CC4)cc2)CC1.CN1CCN(Cc2ccc(-c3cnc4c(c3)C(c3ccc(NC(=O)NC5CCCCC5)cc3)=CC4)cc2)CC1. The maximum atomic E-state index is 12.4. The van der Waals surface area contributed by atoms with Crippen LogP contribution in [0.4, 0.5) is 16.2 Å². The van der Waals surface area contributed by atoms with Gasteiger partial charge in [-0.25, -0.2) is 4.79 Å². The van der Waals surface area contributed by atoms with Crippen molar-refractivity contribution in [1.29, 1.82) is 0 Å². The van der Waals surface area contributed by atoms with Crippen LogP contribution in [0.15, 0.2) is 134 Å². The number of carbonyl (C=O) groups is 1. The number of nitrogens with two attached hydrogens (primary N) is 1. The summed E-state index contributed by atoms with van der Waals surface area (Å²) in [6, 6.07) is 39.0. The second-order valence-corrected chi connectivity index (χ2v) is 19.8. The number of fused-ring (bicyclic) bond motifs is 2. The first-order valence-electron chi connectivity index (χ1n) is 25.2. The van der Waals surface area contributed by atoms with Crippen LogP contribution in [0.1, 0.15) is 76.9 Å². The second-order valence-electron chi connectivity index (χ2n) is 19.8. The summed E-state index contributed by atoms with van der Waals surface area (Å²) in [5.74, 6) is 0. The maximum Gasteiger partial charge on any atom is 0.319 e. The number of nitrogens with zero attached hydrogens (tertiary/aromatic N) is 6. The summed E-state index contributed by atoms with van der Waals surface area (Å²) in [7, 11) is 4.40. The van der Waals surface area contributed by atoms with Crippen molar-refractivity contribution >= 4 is 28.6 Å². The maximum absolute atomic E-state index is 12.4. The van der Waals surface area contributed by atoms with Crippen LogP contribution in [0.5, 0.6) is 0 Å². The van der Waals surface area contributed by atoms with E-state index < -0.39 is 0 Å².